The van der Waals surface area contributed by atoms with Crippen LogP contribution in [0, 0.1) is 0 Å². The molecular weight excluding hydrogens is 268 g/mol. The van der Waals surface area contributed by atoms with Gasteiger partial charge in [0, 0.05) is 6.61 Å². The van der Waals surface area contributed by atoms with E-state index in [9.17, 15) is 4.79 Å². The zero-order chi connectivity index (χ0) is 15.7. The van der Waals surface area contributed by atoms with Crippen molar-refractivity contribution < 1.29 is 19.4 Å². The van der Waals surface area contributed by atoms with Crippen LogP contribution in [0.5, 0.6) is 0 Å². The second kappa shape index (κ2) is 8.80. The number of esters is 1. The fraction of sp³-hybridized carbons (Fsp3) is 0.588. The van der Waals surface area contributed by atoms with Crippen molar-refractivity contribution in [3.8, 4) is 0 Å². The number of hydrogen-bond acceptors (Lipinski definition) is 4. The zero-order valence-corrected chi connectivity index (χ0v) is 13.2. The fourth-order valence-electron chi connectivity index (χ4n) is 1.91. The quantitative estimate of drug-likeness (QED) is 0.591. The topological polar surface area (TPSA) is 55.8 Å². The first-order valence-electron chi connectivity index (χ1n) is 7.39. The molecule has 1 rings (SSSR count). The van der Waals surface area contributed by atoms with Crippen molar-refractivity contribution in [2.24, 2.45) is 0 Å². The number of hydrogen-bond donors (Lipinski definition) is 1. The molecule has 0 aliphatic heterocycles. The average Bonchev–Trinajstić information content (AvgIpc) is 2.37. The van der Waals surface area contributed by atoms with E-state index in [1.165, 1.54) is 5.56 Å². The number of ether oxygens (including phenoxy) is 2. The first-order chi connectivity index (χ1) is 9.90. The minimum Gasteiger partial charge on any atom is -0.460 e. The first-order valence-corrected chi connectivity index (χ1v) is 7.39. The molecule has 0 amide bonds. The summed E-state index contributed by atoms with van der Waals surface area (Å²) in [6.45, 7) is 6.67. The van der Waals surface area contributed by atoms with Gasteiger partial charge in [0.2, 0.25) is 0 Å². The Balaban J connectivity index is 2.19. The second-order valence-corrected chi connectivity index (χ2v) is 5.99. The third kappa shape index (κ3) is 8.48. The zero-order valence-electron chi connectivity index (χ0n) is 13.2. The van der Waals surface area contributed by atoms with Crippen LogP contribution in [0.25, 0.3) is 0 Å². The average molecular weight is 294 g/mol. The van der Waals surface area contributed by atoms with Crippen molar-refractivity contribution in [3.63, 3.8) is 0 Å². The maximum absolute atomic E-state index is 11.5. The van der Waals surface area contributed by atoms with Crippen molar-refractivity contribution in [2.45, 2.75) is 45.6 Å². The molecule has 21 heavy (non-hydrogen) atoms. The Kier molecular flexibility index (Phi) is 7.40. The molecule has 0 atom stereocenters. The van der Waals surface area contributed by atoms with E-state index < -0.39 is 5.60 Å². The molecule has 4 heteroatoms. The number of benzene rings is 1. The summed E-state index contributed by atoms with van der Waals surface area (Å²) in [5.74, 6) is -0.229. The predicted octanol–water partition coefficient (Wildman–Crippen LogP) is 2.51. The van der Waals surface area contributed by atoms with E-state index in [4.69, 9.17) is 14.6 Å². The van der Waals surface area contributed by atoms with Crippen LogP contribution in [0.15, 0.2) is 24.3 Å². The minimum atomic E-state index is -0.440. The number of rotatable bonds is 8. The van der Waals surface area contributed by atoms with Crippen molar-refractivity contribution in [2.75, 3.05) is 19.8 Å². The van der Waals surface area contributed by atoms with Crippen molar-refractivity contribution >= 4 is 5.97 Å². The highest BCUT2D eigenvalue weighted by molar-refractivity contribution is 5.69. The summed E-state index contributed by atoms with van der Waals surface area (Å²) < 4.78 is 10.7. The van der Waals surface area contributed by atoms with E-state index in [0.29, 0.717) is 19.6 Å². The van der Waals surface area contributed by atoms with Gasteiger partial charge in [0.1, 0.15) is 5.60 Å². The monoisotopic (exact) mass is 294 g/mol. The summed E-state index contributed by atoms with van der Waals surface area (Å²) in [6, 6.07) is 8.11. The van der Waals surface area contributed by atoms with E-state index in [1.807, 2.05) is 39.0 Å². The molecule has 1 N–H and O–H groups in total. The lowest BCUT2D eigenvalue weighted by Gasteiger charge is -2.19. The van der Waals surface area contributed by atoms with Crippen LogP contribution in [-0.2, 0) is 27.1 Å². The number of carbonyl (C=O) groups excluding carboxylic acids is 1. The Hall–Kier alpha value is -1.39. The van der Waals surface area contributed by atoms with Crippen LogP contribution in [0.1, 0.15) is 38.3 Å². The van der Waals surface area contributed by atoms with Crippen LogP contribution in [-0.4, -0.2) is 36.5 Å². The van der Waals surface area contributed by atoms with Gasteiger partial charge < -0.3 is 14.6 Å². The molecule has 1 aromatic carbocycles. The molecule has 0 fully saturated rings. The van der Waals surface area contributed by atoms with Crippen LogP contribution in [0.2, 0.25) is 0 Å². The maximum Gasteiger partial charge on any atom is 0.308 e. The van der Waals surface area contributed by atoms with Crippen LogP contribution < -0.4 is 0 Å². The molecule has 0 bridgehead atoms. The van der Waals surface area contributed by atoms with Gasteiger partial charge in [-0.1, -0.05) is 24.3 Å². The van der Waals surface area contributed by atoms with E-state index in [-0.39, 0.29) is 19.0 Å². The third-order valence-corrected chi connectivity index (χ3v) is 2.80. The normalized spacial score (nSPS) is 11.4. The molecule has 0 radical (unpaired) electrons. The summed E-state index contributed by atoms with van der Waals surface area (Å²) in [7, 11) is 0. The highest BCUT2D eigenvalue weighted by Gasteiger charge is 2.15. The van der Waals surface area contributed by atoms with E-state index in [1.54, 1.807) is 0 Å². The maximum atomic E-state index is 11.5. The van der Waals surface area contributed by atoms with Crippen LogP contribution in [0.3, 0.4) is 0 Å². The Bertz CT molecular complexity index is 435. The van der Waals surface area contributed by atoms with Gasteiger partial charge in [-0.25, -0.2) is 0 Å². The molecular formula is C17H26O4. The highest BCUT2D eigenvalue weighted by atomic mass is 16.6. The van der Waals surface area contributed by atoms with Crippen LogP contribution >= 0.6 is 0 Å². The highest BCUT2D eigenvalue weighted by Crippen LogP contribution is 2.09. The Morgan fingerprint density at radius 2 is 1.81 bits per heavy atom. The van der Waals surface area contributed by atoms with Gasteiger partial charge in [0.25, 0.3) is 0 Å². The second-order valence-electron chi connectivity index (χ2n) is 5.99. The van der Waals surface area contributed by atoms with Gasteiger partial charge in [-0.15, -0.1) is 0 Å². The minimum absolute atomic E-state index is 0.163. The lowest BCUT2D eigenvalue weighted by molar-refractivity contribution is -0.156. The molecule has 118 valence electrons. The predicted molar refractivity (Wildman–Crippen MR) is 82.2 cm³/mol. The van der Waals surface area contributed by atoms with Crippen molar-refractivity contribution in [3.05, 3.63) is 35.4 Å². The molecule has 0 saturated heterocycles. The van der Waals surface area contributed by atoms with Gasteiger partial charge in [-0.3, -0.25) is 4.79 Å². The molecule has 0 aliphatic rings. The largest absolute Gasteiger partial charge is 0.460 e. The van der Waals surface area contributed by atoms with Gasteiger partial charge >= 0.3 is 5.97 Å². The SMILES string of the molecule is CC(C)(C)OC(=O)CCOCCc1cccc(CCO)c1. The molecule has 4 nitrogen and oxygen atoms in total. The molecule has 0 unspecified atom stereocenters. The Morgan fingerprint density at radius 1 is 1.14 bits per heavy atom. The van der Waals surface area contributed by atoms with Crippen molar-refractivity contribution in [1.82, 2.24) is 0 Å². The summed E-state index contributed by atoms with van der Waals surface area (Å²) in [4.78, 5) is 11.5. The molecule has 0 aliphatic carbocycles. The molecule has 0 aromatic heterocycles. The number of aliphatic hydroxyl groups excluding tert-OH is 1. The van der Waals surface area contributed by atoms with Gasteiger partial charge in [-0.2, -0.15) is 0 Å². The Labute approximate surface area is 127 Å². The van der Waals surface area contributed by atoms with E-state index in [2.05, 4.69) is 6.07 Å². The molecule has 0 saturated carbocycles. The number of aliphatic hydroxyl groups is 1. The smallest absolute Gasteiger partial charge is 0.308 e. The van der Waals surface area contributed by atoms with Gasteiger partial charge in [0.05, 0.1) is 19.6 Å². The third-order valence-electron chi connectivity index (χ3n) is 2.80. The summed E-state index contributed by atoms with van der Waals surface area (Å²) in [5, 5.41) is 8.92. The standard InChI is InChI=1S/C17H26O4/c1-17(2,3)21-16(19)9-12-20-11-8-15-6-4-5-14(13-15)7-10-18/h4-6,13,18H,7-12H2,1-3H3. The van der Waals surface area contributed by atoms with E-state index >= 15 is 0 Å². The Morgan fingerprint density at radius 3 is 2.43 bits per heavy atom. The van der Waals surface area contributed by atoms with Gasteiger partial charge in [-0.05, 0) is 44.7 Å². The van der Waals surface area contributed by atoms with E-state index in [0.717, 1.165) is 12.0 Å². The lowest BCUT2D eigenvalue weighted by Crippen LogP contribution is -2.24. The first kappa shape index (κ1) is 17.7. The molecule has 0 heterocycles. The fourth-order valence-corrected chi connectivity index (χ4v) is 1.91. The summed E-state index contributed by atoms with van der Waals surface area (Å²) >= 11 is 0. The number of carbonyl (C=O) groups is 1. The molecule has 1 aromatic rings. The lowest BCUT2D eigenvalue weighted by atomic mass is 10.1. The van der Waals surface area contributed by atoms with Gasteiger partial charge in [0.15, 0.2) is 0 Å². The van der Waals surface area contributed by atoms with Crippen LogP contribution in [0.4, 0.5) is 0 Å². The summed E-state index contributed by atoms with van der Waals surface area (Å²) in [6.07, 6.45) is 1.75. The van der Waals surface area contributed by atoms with Crippen molar-refractivity contribution in [1.29, 1.82) is 0 Å². The molecule has 0 spiro atoms. The summed E-state index contributed by atoms with van der Waals surface area (Å²) in [5.41, 5.74) is 1.87.